The van der Waals surface area contributed by atoms with Crippen LogP contribution in [0.15, 0.2) is 42.5 Å². The Labute approximate surface area is 226 Å². The minimum atomic E-state index is -5.23. The number of anilines is 1. The van der Waals surface area contributed by atoms with Gasteiger partial charge in [0, 0.05) is 6.54 Å². The second-order valence-electron chi connectivity index (χ2n) is 9.53. The van der Waals surface area contributed by atoms with Crippen LogP contribution < -0.4 is 4.90 Å². The molecule has 0 aromatic heterocycles. The predicted octanol–water partition coefficient (Wildman–Crippen LogP) is 8.17. The number of alkyl halides is 9. The number of hydrogen-bond donors (Lipinski definition) is 0. The van der Waals surface area contributed by atoms with Gasteiger partial charge in [-0.15, -0.1) is 0 Å². The average Bonchev–Trinajstić information content (AvgIpc) is 3.69. The topological polar surface area (TPSA) is 49.9 Å². The van der Waals surface area contributed by atoms with E-state index < -0.39 is 77.1 Å². The van der Waals surface area contributed by atoms with Gasteiger partial charge in [-0.3, -0.25) is 14.6 Å². The minimum Gasteiger partial charge on any atom is -0.453 e. The highest BCUT2D eigenvalue weighted by Gasteiger charge is 2.61. The molecule has 4 rings (SSSR count). The van der Waals surface area contributed by atoms with Gasteiger partial charge in [-0.2, -0.15) is 39.5 Å². The van der Waals surface area contributed by atoms with Gasteiger partial charge in [0.2, 0.25) is 0 Å². The molecule has 0 spiro atoms. The quantitative estimate of drug-likeness (QED) is 0.202. The summed E-state index contributed by atoms with van der Waals surface area (Å²) in [5, 5.41) is -1.21. The minimum absolute atomic E-state index is 0.0705. The monoisotopic (exact) mass is 602 g/mol. The SMILES string of the molecule is COC(=O)N(Cc1cc(C(F)(F)F)cc(C(F)(F)F)c1)C1c2ccccc2N(C(=O)Cl)[C@H](C2CC2)[C@@H]1C(F)(F)F. The van der Waals surface area contributed by atoms with Crippen LogP contribution in [0.2, 0.25) is 0 Å². The van der Waals surface area contributed by atoms with Gasteiger partial charge < -0.3 is 4.74 Å². The van der Waals surface area contributed by atoms with Gasteiger partial charge in [0.1, 0.15) is 5.92 Å². The number of benzene rings is 2. The standard InChI is InChI=1S/C25H20ClF9N2O3/c1-40-22(39)36(11-12-8-14(23(27,28)29)10-15(9-12)24(30,31)32)20-16-4-2-3-5-17(16)37(21(26)38)19(13-6-7-13)18(20)25(33,34)35/h2-5,8-10,13,18-20H,6-7,11H2,1H3/t18-,19+,20?/m0/s1. The molecule has 0 bridgehead atoms. The van der Waals surface area contributed by atoms with Crippen LogP contribution in [-0.4, -0.2) is 35.7 Å². The van der Waals surface area contributed by atoms with Crippen LogP contribution >= 0.6 is 11.6 Å². The Morgan fingerprint density at radius 2 is 1.50 bits per heavy atom. The molecule has 0 N–H and O–H groups in total. The summed E-state index contributed by atoms with van der Waals surface area (Å²) in [7, 11) is 0.812. The van der Waals surface area contributed by atoms with Crippen LogP contribution in [0, 0.1) is 11.8 Å². The van der Waals surface area contributed by atoms with Crippen LogP contribution in [0.3, 0.4) is 0 Å². The van der Waals surface area contributed by atoms with E-state index in [0.717, 1.165) is 12.0 Å². The van der Waals surface area contributed by atoms with E-state index in [4.69, 9.17) is 11.6 Å². The molecule has 2 aliphatic rings. The highest BCUT2D eigenvalue weighted by Crippen LogP contribution is 2.56. The van der Waals surface area contributed by atoms with E-state index in [2.05, 4.69) is 4.74 Å². The van der Waals surface area contributed by atoms with E-state index in [1.54, 1.807) is 0 Å². The smallest absolute Gasteiger partial charge is 0.416 e. The van der Waals surface area contributed by atoms with Crippen molar-refractivity contribution in [2.75, 3.05) is 12.0 Å². The number of amides is 2. The summed E-state index contributed by atoms with van der Waals surface area (Å²) < 4.78 is 130. The van der Waals surface area contributed by atoms with Gasteiger partial charge in [0.15, 0.2) is 0 Å². The maximum absolute atomic E-state index is 14.8. The lowest BCUT2D eigenvalue weighted by Crippen LogP contribution is -2.58. The molecule has 1 unspecified atom stereocenters. The molecule has 1 fully saturated rings. The van der Waals surface area contributed by atoms with Crippen molar-refractivity contribution in [3.63, 3.8) is 0 Å². The molecule has 40 heavy (non-hydrogen) atoms. The summed E-state index contributed by atoms with van der Waals surface area (Å²) in [5.41, 5.74) is -4.44. The van der Waals surface area contributed by atoms with Gasteiger partial charge >= 0.3 is 30.0 Å². The van der Waals surface area contributed by atoms with E-state index in [0.29, 0.717) is 29.9 Å². The molecule has 218 valence electrons. The summed E-state index contributed by atoms with van der Waals surface area (Å²) in [6, 6.07) is 2.15. The highest BCUT2D eigenvalue weighted by atomic mass is 35.5. The Kier molecular flexibility index (Phi) is 7.71. The molecule has 1 heterocycles. The summed E-state index contributed by atoms with van der Waals surface area (Å²) >= 11 is 5.73. The van der Waals surface area contributed by atoms with E-state index in [9.17, 15) is 49.1 Å². The third kappa shape index (κ3) is 5.81. The van der Waals surface area contributed by atoms with Crippen LogP contribution in [0.25, 0.3) is 0 Å². The molecular formula is C25H20ClF9N2O3. The van der Waals surface area contributed by atoms with E-state index >= 15 is 0 Å². The first kappa shape index (κ1) is 29.8. The van der Waals surface area contributed by atoms with E-state index in [1.165, 1.54) is 24.3 Å². The Hall–Kier alpha value is -3.16. The van der Waals surface area contributed by atoms with Crippen LogP contribution in [-0.2, 0) is 23.6 Å². The van der Waals surface area contributed by atoms with Crippen LogP contribution in [0.1, 0.15) is 41.1 Å². The first-order valence-corrected chi connectivity index (χ1v) is 12.1. The van der Waals surface area contributed by atoms with E-state index in [1.807, 2.05) is 0 Å². The maximum Gasteiger partial charge on any atom is 0.416 e. The molecule has 3 atom stereocenters. The van der Waals surface area contributed by atoms with Crippen molar-refractivity contribution in [2.45, 2.75) is 50.0 Å². The molecule has 2 aromatic rings. The van der Waals surface area contributed by atoms with Crippen molar-refractivity contribution in [3.05, 3.63) is 64.7 Å². The summed E-state index contributed by atoms with van der Waals surface area (Å²) in [4.78, 5) is 26.6. The van der Waals surface area contributed by atoms with Crippen molar-refractivity contribution in [2.24, 2.45) is 11.8 Å². The fourth-order valence-electron chi connectivity index (χ4n) is 5.25. The second-order valence-corrected chi connectivity index (χ2v) is 9.86. The van der Waals surface area contributed by atoms with Gasteiger partial charge in [-0.25, -0.2) is 4.79 Å². The van der Waals surface area contributed by atoms with Gasteiger partial charge in [-0.1, -0.05) is 18.2 Å². The zero-order valence-electron chi connectivity index (χ0n) is 20.4. The molecule has 2 aromatic carbocycles. The molecule has 5 nitrogen and oxygen atoms in total. The summed E-state index contributed by atoms with van der Waals surface area (Å²) in [6.45, 7) is -1.10. The Morgan fingerprint density at radius 1 is 0.950 bits per heavy atom. The lowest BCUT2D eigenvalue weighted by Gasteiger charge is -2.49. The number of rotatable bonds is 4. The molecular weight excluding hydrogens is 583 g/mol. The molecule has 1 aliphatic heterocycles. The fraction of sp³-hybridized carbons (Fsp3) is 0.440. The van der Waals surface area contributed by atoms with Crippen LogP contribution in [0.4, 0.5) is 54.8 Å². The number of nitrogens with zero attached hydrogens (tertiary/aromatic N) is 2. The first-order chi connectivity index (χ1) is 18.4. The lowest BCUT2D eigenvalue weighted by atomic mass is 9.77. The zero-order valence-corrected chi connectivity index (χ0v) is 21.1. The number of ether oxygens (including phenoxy) is 1. The molecule has 1 saturated carbocycles. The van der Waals surface area contributed by atoms with E-state index in [-0.39, 0.29) is 17.3 Å². The normalized spacial score (nSPS) is 21.6. The maximum atomic E-state index is 14.8. The Balaban J connectivity index is 1.94. The van der Waals surface area contributed by atoms with Crippen molar-refractivity contribution >= 4 is 28.7 Å². The van der Waals surface area contributed by atoms with Crippen molar-refractivity contribution in [1.29, 1.82) is 0 Å². The van der Waals surface area contributed by atoms with Gasteiger partial charge in [-0.05, 0) is 65.8 Å². The zero-order chi connectivity index (χ0) is 29.8. The lowest BCUT2D eigenvalue weighted by molar-refractivity contribution is -0.200. The number of methoxy groups -OCH3 is 1. The number of halogens is 10. The third-order valence-electron chi connectivity index (χ3n) is 6.94. The van der Waals surface area contributed by atoms with Crippen molar-refractivity contribution < 1.29 is 53.8 Å². The average molecular weight is 603 g/mol. The van der Waals surface area contributed by atoms with Crippen molar-refractivity contribution in [3.8, 4) is 0 Å². The van der Waals surface area contributed by atoms with Gasteiger partial charge in [0.25, 0.3) is 0 Å². The summed E-state index contributed by atoms with van der Waals surface area (Å²) in [5.74, 6) is -3.17. The Morgan fingerprint density at radius 3 is 1.95 bits per heavy atom. The van der Waals surface area contributed by atoms with Crippen molar-refractivity contribution in [1.82, 2.24) is 4.90 Å². The third-order valence-corrected chi connectivity index (χ3v) is 7.12. The van der Waals surface area contributed by atoms with Crippen LogP contribution in [0.5, 0.6) is 0 Å². The molecule has 2 amide bonds. The number of fused-ring (bicyclic) bond motifs is 1. The number of para-hydroxylation sites is 1. The predicted molar refractivity (Wildman–Crippen MR) is 123 cm³/mol. The fourth-order valence-corrected chi connectivity index (χ4v) is 5.45. The Bertz CT molecular complexity index is 1260. The molecule has 0 radical (unpaired) electrons. The van der Waals surface area contributed by atoms with Gasteiger partial charge in [0.05, 0.1) is 36.0 Å². The molecule has 15 heteroatoms. The number of hydrogen-bond acceptors (Lipinski definition) is 3. The summed E-state index contributed by atoms with van der Waals surface area (Å²) in [6.07, 6.45) is -16.4. The number of carbonyl (C=O) groups is 2. The first-order valence-electron chi connectivity index (χ1n) is 11.7. The number of carbonyl (C=O) groups excluding carboxylic acids is 2. The molecule has 0 saturated heterocycles. The molecule has 1 aliphatic carbocycles. The largest absolute Gasteiger partial charge is 0.453 e. The highest BCUT2D eigenvalue weighted by molar-refractivity contribution is 6.66. The second kappa shape index (κ2) is 10.3.